The van der Waals surface area contributed by atoms with Gasteiger partial charge in [0.2, 0.25) is 5.91 Å². The molecular formula is C24H26ClN3O3S. The van der Waals surface area contributed by atoms with Crippen molar-refractivity contribution < 1.29 is 14.3 Å². The molecular weight excluding hydrogens is 446 g/mol. The van der Waals surface area contributed by atoms with Gasteiger partial charge in [0.05, 0.1) is 5.69 Å². The van der Waals surface area contributed by atoms with E-state index in [1.54, 1.807) is 38.1 Å². The quantitative estimate of drug-likeness (QED) is 0.413. The van der Waals surface area contributed by atoms with Crippen LogP contribution in [0.5, 0.6) is 5.75 Å². The summed E-state index contributed by atoms with van der Waals surface area (Å²) in [7, 11) is 0. The number of nitrogens with one attached hydrogen (secondary N) is 2. The van der Waals surface area contributed by atoms with Crippen molar-refractivity contribution >= 4 is 39.9 Å². The van der Waals surface area contributed by atoms with Gasteiger partial charge in [0.25, 0.3) is 5.91 Å². The summed E-state index contributed by atoms with van der Waals surface area (Å²) in [6, 6.07) is 15.0. The molecule has 0 saturated heterocycles. The molecule has 168 valence electrons. The summed E-state index contributed by atoms with van der Waals surface area (Å²) >= 11 is 7.26. The summed E-state index contributed by atoms with van der Waals surface area (Å²) in [6.45, 7) is 5.60. The SMILES string of the molecule is CC(=O)NCCCc1ccc(-c2csc(NC(=O)C(C)(C)Oc3ccc(Cl)cc3)n2)cc1. The van der Waals surface area contributed by atoms with Crippen molar-refractivity contribution in [3.05, 3.63) is 64.5 Å². The number of thiazole rings is 1. The number of aryl methyl sites for hydroxylation is 1. The summed E-state index contributed by atoms with van der Waals surface area (Å²) in [6.07, 6.45) is 1.78. The third-order valence-electron chi connectivity index (χ3n) is 4.72. The van der Waals surface area contributed by atoms with Gasteiger partial charge in [0.15, 0.2) is 10.7 Å². The molecule has 0 spiro atoms. The Morgan fingerprint density at radius 1 is 1.09 bits per heavy atom. The molecule has 0 bridgehead atoms. The zero-order valence-corrected chi connectivity index (χ0v) is 19.8. The topological polar surface area (TPSA) is 80.3 Å². The standard InChI is InChI=1S/C24H26ClN3O3S/c1-16(29)26-14-4-5-17-6-8-18(9-7-17)21-15-32-23(27-21)28-22(30)24(2,3)31-20-12-10-19(25)11-13-20/h6-13,15H,4-5,14H2,1-3H3,(H,26,29)(H,27,28,30). The minimum absolute atomic E-state index is 0.00768. The van der Waals surface area contributed by atoms with Crippen molar-refractivity contribution in [3.8, 4) is 17.0 Å². The van der Waals surface area contributed by atoms with Crippen molar-refractivity contribution in [1.82, 2.24) is 10.3 Å². The predicted molar refractivity (Wildman–Crippen MR) is 129 cm³/mol. The van der Waals surface area contributed by atoms with Crippen molar-refractivity contribution in [3.63, 3.8) is 0 Å². The molecule has 0 radical (unpaired) electrons. The zero-order chi connectivity index (χ0) is 23.1. The number of benzene rings is 2. The number of carbonyl (C=O) groups is 2. The predicted octanol–water partition coefficient (Wildman–Crippen LogP) is 5.33. The average molecular weight is 472 g/mol. The number of ether oxygens (including phenoxy) is 1. The van der Waals surface area contributed by atoms with E-state index >= 15 is 0 Å². The molecule has 0 atom stereocenters. The summed E-state index contributed by atoms with van der Waals surface area (Å²) in [5.41, 5.74) is 1.89. The monoisotopic (exact) mass is 471 g/mol. The average Bonchev–Trinajstić information content (AvgIpc) is 3.21. The molecule has 6 nitrogen and oxygen atoms in total. The molecule has 0 saturated carbocycles. The summed E-state index contributed by atoms with van der Waals surface area (Å²) in [5, 5.41) is 8.67. The first-order chi connectivity index (χ1) is 15.2. The van der Waals surface area contributed by atoms with Gasteiger partial charge >= 0.3 is 0 Å². The maximum absolute atomic E-state index is 12.7. The van der Waals surface area contributed by atoms with Gasteiger partial charge in [0.1, 0.15) is 5.75 Å². The molecule has 2 aromatic carbocycles. The lowest BCUT2D eigenvalue weighted by Gasteiger charge is -2.24. The Labute approximate surface area is 197 Å². The second-order valence-corrected chi connectivity index (χ2v) is 9.14. The fourth-order valence-corrected chi connectivity index (χ4v) is 3.79. The third kappa shape index (κ3) is 6.80. The van der Waals surface area contributed by atoms with Crippen LogP contribution in [-0.2, 0) is 16.0 Å². The minimum Gasteiger partial charge on any atom is -0.478 e. The molecule has 2 N–H and O–H groups in total. The molecule has 0 aliphatic rings. The van der Waals surface area contributed by atoms with E-state index in [1.807, 2.05) is 17.5 Å². The fraction of sp³-hybridized carbons (Fsp3) is 0.292. The molecule has 0 aliphatic heterocycles. The number of anilines is 1. The molecule has 3 aromatic rings. The molecule has 1 aromatic heterocycles. The van der Waals surface area contributed by atoms with E-state index in [1.165, 1.54) is 23.8 Å². The highest BCUT2D eigenvalue weighted by Crippen LogP contribution is 2.27. The first-order valence-corrected chi connectivity index (χ1v) is 11.5. The highest BCUT2D eigenvalue weighted by Gasteiger charge is 2.30. The lowest BCUT2D eigenvalue weighted by Crippen LogP contribution is -2.42. The van der Waals surface area contributed by atoms with E-state index in [0.717, 1.165) is 24.1 Å². The second kappa shape index (κ2) is 10.6. The van der Waals surface area contributed by atoms with Gasteiger partial charge in [-0.15, -0.1) is 11.3 Å². The van der Waals surface area contributed by atoms with Crippen LogP contribution in [0.15, 0.2) is 53.9 Å². The molecule has 32 heavy (non-hydrogen) atoms. The smallest absolute Gasteiger partial charge is 0.269 e. The second-order valence-electron chi connectivity index (χ2n) is 7.84. The van der Waals surface area contributed by atoms with E-state index in [0.29, 0.717) is 22.4 Å². The Kier molecular flexibility index (Phi) is 7.88. The normalized spacial score (nSPS) is 11.1. The van der Waals surface area contributed by atoms with E-state index in [4.69, 9.17) is 16.3 Å². The first-order valence-electron chi connectivity index (χ1n) is 10.3. The highest BCUT2D eigenvalue weighted by molar-refractivity contribution is 7.14. The Morgan fingerprint density at radius 2 is 1.78 bits per heavy atom. The van der Waals surface area contributed by atoms with Gasteiger partial charge in [-0.3, -0.25) is 14.9 Å². The largest absolute Gasteiger partial charge is 0.478 e. The molecule has 8 heteroatoms. The van der Waals surface area contributed by atoms with Gasteiger partial charge in [-0.05, 0) is 56.5 Å². The third-order valence-corrected chi connectivity index (χ3v) is 5.73. The van der Waals surface area contributed by atoms with Gasteiger partial charge < -0.3 is 10.1 Å². The van der Waals surface area contributed by atoms with Crippen LogP contribution in [-0.4, -0.2) is 28.9 Å². The molecule has 1 heterocycles. The van der Waals surface area contributed by atoms with Gasteiger partial charge in [-0.25, -0.2) is 4.98 Å². The number of aromatic nitrogens is 1. The number of carbonyl (C=O) groups excluding carboxylic acids is 2. The van der Waals surface area contributed by atoms with Crippen LogP contribution < -0.4 is 15.4 Å². The Morgan fingerprint density at radius 3 is 2.44 bits per heavy atom. The van der Waals surface area contributed by atoms with Crippen molar-refractivity contribution in [2.45, 2.75) is 39.2 Å². The number of amides is 2. The molecule has 2 amide bonds. The molecule has 0 fully saturated rings. The Balaban J connectivity index is 1.57. The summed E-state index contributed by atoms with van der Waals surface area (Å²) < 4.78 is 5.83. The van der Waals surface area contributed by atoms with Crippen molar-refractivity contribution in [1.29, 1.82) is 0 Å². The van der Waals surface area contributed by atoms with Crippen LogP contribution >= 0.6 is 22.9 Å². The molecule has 0 aliphatic carbocycles. The van der Waals surface area contributed by atoms with E-state index in [-0.39, 0.29) is 11.8 Å². The Hall–Kier alpha value is -2.90. The van der Waals surface area contributed by atoms with Crippen LogP contribution in [0.2, 0.25) is 5.02 Å². The lowest BCUT2D eigenvalue weighted by molar-refractivity contribution is -0.128. The van der Waals surface area contributed by atoms with E-state index in [9.17, 15) is 9.59 Å². The van der Waals surface area contributed by atoms with Gasteiger partial charge in [-0.1, -0.05) is 35.9 Å². The zero-order valence-electron chi connectivity index (χ0n) is 18.3. The lowest BCUT2D eigenvalue weighted by atomic mass is 10.1. The highest BCUT2D eigenvalue weighted by atomic mass is 35.5. The van der Waals surface area contributed by atoms with Gasteiger partial charge in [0, 0.05) is 29.4 Å². The van der Waals surface area contributed by atoms with Crippen molar-refractivity contribution in [2.75, 3.05) is 11.9 Å². The van der Waals surface area contributed by atoms with Crippen LogP contribution in [0.4, 0.5) is 5.13 Å². The van der Waals surface area contributed by atoms with Crippen LogP contribution in [0, 0.1) is 0 Å². The van der Waals surface area contributed by atoms with Crippen LogP contribution in [0.25, 0.3) is 11.3 Å². The molecule has 0 unspecified atom stereocenters. The van der Waals surface area contributed by atoms with E-state index in [2.05, 4.69) is 27.8 Å². The van der Waals surface area contributed by atoms with Gasteiger partial charge in [-0.2, -0.15) is 0 Å². The maximum atomic E-state index is 12.7. The van der Waals surface area contributed by atoms with Crippen LogP contribution in [0.3, 0.4) is 0 Å². The minimum atomic E-state index is -1.08. The van der Waals surface area contributed by atoms with E-state index < -0.39 is 5.60 Å². The fourth-order valence-electron chi connectivity index (χ4n) is 2.95. The number of halogens is 1. The number of nitrogens with zero attached hydrogens (tertiary/aromatic N) is 1. The van der Waals surface area contributed by atoms with Crippen LogP contribution in [0.1, 0.15) is 32.8 Å². The summed E-state index contributed by atoms with van der Waals surface area (Å²) in [4.78, 5) is 28.2. The first kappa shape index (κ1) is 23.8. The molecule has 3 rings (SSSR count). The number of hydrogen-bond donors (Lipinski definition) is 2. The Bertz CT molecular complexity index is 1060. The van der Waals surface area contributed by atoms with Crippen molar-refractivity contribution in [2.24, 2.45) is 0 Å². The number of rotatable bonds is 9. The maximum Gasteiger partial charge on any atom is 0.269 e. The number of hydrogen-bond acceptors (Lipinski definition) is 5. The summed E-state index contributed by atoms with van der Waals surface area (Å²) in [5.74, 6) is 0.265.